The summed E-state index contributed by atoms with van der Waals surface area (Å²) in [4.78, 5) is 0. The van der Waals surface area contributed by atoms with Crippen LogP contribution in [0.25, 0.3) is 0 Å². The Bertz CT molecular complexity index is 315. The van der Waals surface area contributed by atoms with Crippen LogP contribution in [-0.2, 0) is 0 Å². The highest BCUT2D eigenvalue weighted by Gasteiger charge is 2.37. The van der Waals surface area contributed by atoms with Crippen molar-refractivity contribution in [3.05, 3.63) is 35.9 Å². The maximum absolute atomic E-state index is 3.60. The Morgan fingerprint density at radius 2 is 1.93 bits per heavy atom. The predicted octanol–water partition coefficient (Wildman–Crippen LogP) is 2.93. The first-order chi connectivity index (χ1) is 7.43. The molecule has 2 saturated carbocycles. The molecule has 0 heterocycles. The van der Waals surface area contributed by atoms with Gasteiger partial charge in [0.2, 0.25) is 0 Å². The molecule has 1 aromatic carbocycles. The second kappa shape index (κ2) is 3.97. The Balaban J connectivity index is 1.43. The van der Waals surface area contributed by atoms with E-state index in [1.165, 1.54) is 32.2 Å². The Hall–Kier alpha value is -0.820. The van der Waals surface area contributed by atoms with E-state index in [9.17, 15) is 0 Å². The van der Waals surface area contributed by atoms with Crippen molar-refractivity contribution < 1.29 is 0 Å². The van der Waals surface area contributed by atoms with Gasteiger partial charge in [-0.25, -0.2) is 0 Å². The minimum absolute atomic E-state index is 0.868. The van der Waals surface area contributed by atoms with Crippen molar-refractivity contribution in [2.75, 3.05) is 6.54 Å². The largest absolute Gasteiger partial charge is 0.314 e. The van der Waals surface area contributed by atoms with Gasteiger partial charge in [-0.15, -0.1) is 0 Å². The average Bonchev–Trinajstić information content (AvgIpc) is 3.13. The van der Waals surface area contributed by atoms with Gasteiger partial charge in [0.25, 0.3) is 0 Å². The third-order valence-corrected chi connectivity index (χ3v) is 3.68. The summed E-state index contributed by atoms with van der Waals surface area (Å²) >= 11 is 0. The summed E-state index contributed by atoms with van der Waals surface area (Å²) in [5, 5.41) is 3.60. The van der Waals surface area contributed by atoms with Crippen molar-refractivity contribution in [2.24, 2.45) is 5.92 Å². The first kappa shape index (κ1) is 9.41. The van der Waals surface area contributed by atoms with Crippen LogP contribution < -0.4 is 5.32 Å². The maximum Gasteiger partial charge on any atom is 0.00682 e. The van der Waals surface area contributed by atoms with E-state index in [-0.39, 0.29) is 0 Å². The van der Waals surface area contributed by atoms with Gasteiger partial charge in [-0.05, 0) is 49.6 Å². The summed E-state index contributed by atoms with van der Waals surface area (Å²) in [6.45, 7) is 1.23. The molecule has 2 atom stereocenters. The summed E-state index contributed by atoms with van der Waals surface area (Å²) in [7, 11) is 0. The molecule has 0 aromatic heterocycles. The van der Waals surface area contributed by atoms with Gasteiger partial charge in [0.15, 0.2) is 0 Å². The maximum atomic E-state index is 3.60. The second-order valence-corrected chi connectivity index (χ2v) is 5.03. The van der Waals surface area contributed by atoms with E-state index in [1.54, 1.807) is 5.56 Å². The fourth-order valence-electron chi connectivity index (χ4n) is 2.44. The molecule has 1 heteroatoms. The number of nitrogens with one attached hydrogen (secondary N) is 1. The smallest absolute Gasteiger partial charge is 0.00682 e. The van der Waals surface area contributed by atoms with Crippen molar-refractivity contribution in [3.63, 3.8) is 0 Å². The van der Waals surface area contributed by atoms with E-state index in [0.717, 1.165) is 17.9 Å². The lowest BCUT2D eigenvalue weighted by Gasteiger charge is -2.02. The molecule has 0 amide bonds. The van der Waals surface area contributed by atoms with Crippen molar-refractivity contribution in [3.8, 4) is 0 Å². The van der Waals surface area contributed by atoms with E-state index in [0.29, 0.717) is 0 Å². The minimum atomic E-state index is 0.868. The molecule has 0 saturated heterocycles. The van der Waals surface area contributed by atoms with Crippen molar-refractivity contribution >= 4 is 0 Å². The van der Waals surface area contributed by atoms with Gasteiger partial charge in [0, 0.05) is 6.04 Å². The van der Waals surface area contributed by atoms with E-state index in [1.807, 2.05) is 0 Å². The van der Waals surface area contributed by atoms with Gasteiger partial charge in [-0.2, -0.15) is 0 Å². The Kier molecular flexibility index (Phi) is 2.49. The van der Waals surface area contributed by atoms with Crippen LogP contribution in [0.15, 0.2) is 30.3 Å². The zero-order chi connectivity index (χ0) is 10.1. The Morgan fingerprint density at radius 1 is 1.13 bits per heavy atom. The topological polar surface area (TPSA) is 12.0 Å². The summed E-state index contributed by atoms with van der Waals surface area (Å²) in [6.07, 6.45) is 5.60. The SMILES string of the molecule is c1ccc(C2CC2CCNC2CC2)cc1. The Morgan fingerprint density at radius 3 is 2.67 bits per heavy atom. The van der Waals surface area contributed by atoms with Crippen LogP contribution in [-0.4, -0.2) is 12.6 Å². The number of benzene rings is 1. The molecular weight excluding hydrogens is 182 g/mol. The third kappa shape index (κ3) is 2.40. The minimum Gasteiger partial charge on any atom is -0.314 e. The van der Waals surface area contributed by atoms with Crippen LogP contribution in [0.5, 0.6) is 0 Å². The van der Waals surface area contributed by atoms with Crippen LogP contribution >= 0.6 is 0 Å². The zero-order valence-corrected chi connectivity index (χ0v) is 9.15. The van der Waals surface area contributed by atoms with Crippen molar-refractivity contribution in [1.29, 1.82) is 0 Å². The highest BCUT2D eigenvalue weighted by molar-refractivity contribution is 5.25. The fourth-order valence-corrected chi connectivity index (χ4v) is 2.44. The summed E-state index contributed by atoms with van der Waals surface area (Å²) in [5.74, 6) is 1.82. The number of rotatable bonds is 5. The normalized spacial score (nSPS) is 29.1. The molecule has 2 aliphatic carbocycles. The first-order valence-electron chi connectivity index (χ1n) is 6.22. The van der Waals surface area contributed by atoms with Gasteiger partial charge in [0.1, 0.15) is 0 Å². The predicted molar refractivity (Wildman–Crippen MR) is 62.9 cm³/mol. The molecule has 2 fully saturated rings. The summed E-state index contributed by atoms with van der Waals surface area (Å²) in [5.41, 5.74) is 1.55. The van der Waals surface area contributed by atoms with Crippen LogP contribution in [0.1, 0.15) is 37.2 Å². The van der Waals surface area contributed by atoms with E-state index in [4.69, 9.17) is 0 Å². The highest BCUT2D eigenvalue weighted by atomic mass is 14.9. The molecule has 15 heavy (non-hydrogen) atoms. The monoisotopic (exact) mass is 201 g/mol. The lowest BCUT2D eigenvalue weighted by atomic mass is 10.1. The molecule has 0 spiro atoms. The summed E-state index contributed by atoms with van der Waals surface area (Å²) < 4.78 is 0. The van der Waals surface area contributed by atoms with Crippen LogP contribution in [0.3, 0.4) is 0 Å². The average molecular weight is 201 g/mol. The molecule has 0 radical (unpaired) electrons. The molecule has 0 bridgehead atoms. The van der Waals surface area contributed by atoms with Gasteiger partial charge in [0.05, 0.1) is 0 Å². The van der Waals surface area contributed by atoms with Gasteiger partial charge >= 0.3 is 0 Å². The standard InChI is InChI=1S/C14H19N/c1-2-4-11(5-3-1)14-10-12(14)8-9-15-13-6-7-13/h1-5,12-15H,6-10H2. The molecule has 2 unspecified atom stereocenters. The lowest BCUT2D eigenvalue weighted by Crippen LogP contribution is -2.17. The van der Waals surface area contributed by atoms with Gasteiger partial charge in [-0.1, -0.05) is 30.3 Å². The quantitative estimate of drug-likeness (QED) is 0.772. The molecule has 1 aromatic rings. The highest BCUT2D eigenvalue weighted by Crippen LogP contribution is 2.49. The Labute approximate surface area is 91.9 Å². The fraction of sp³-hybridized carbons (Fsp3) is 0.571. The molecule has 0 aliphatic heterocycles. The molecule has 80 valence electrons. The van der Waals surface area contributed by atoms with Gasteiger partial charge < -0.3 is 5.32 Å². The van der Waals surface area contributed by atoms with Crippen LogP contribution in [0.4, 0.5) is 0 Å². The van der Waals surface area contributed by atoms with Crippen LogP contribution in [0, 0.1) is 5.92 Å². The molecule has 2 aliphatic rings. The van der Waals surface area contributed by atoms with E-state index in [2.05, 4.69) is 35.6 Å². The number of hydrogen-bond acceptors (Lipinski definition) is 1. The van der Waals surface area contributed by atoms with E-state index < -0.39 is 0 Å². The number of hydrogen-bond donors (Lipinski definition) is 1. The molecule has 1 N–H and O–H groups in total. The second-order valence-electron chi connectivity index (χ2n) is 5.03. The molecule has 1 nitrogen and oxygen atoms in total. The van der Waals surface area contributed by atoms with Crippen molar-refractivity contribution in [1.82, 2.24) is 5.32 Å². The van der Waals surface area contributed by atoms with Crippen molar-refractivity contribution in [2.45, 2.75) is 37.6 Å². The molecular formula is C14H19N. The third-order valence-electron chi connectivity index (χ3n) is 3.68. The summed E-state index contributed by atoms with van der Waals surface area (Å²) in [6, 6.07) is 11.9. The van der Waals surface area contributed by atoms with Gasteiger partial charge in [-0.3, -0.25) is 0 Å². The van der Waals surface area contributed by atoms with E-state index >= 15 is 0 Å². The van der Waals surface area contributed by atoms with Crippen LogP contribution in [0.2, 0.25) is 0 Å². The molecule has 3 rings (SSSR count). The lowest BCUT2D eigenvalue weighted by molar-refractivity contribution is 0.601. The first-order valence-corrected chi connectivity index (χ1v) is 6.22. The zero-order valence-electron chi connectivity index (χ0n) is 9.15.